The van der Waals surface area contributed by atoms with Crippen LogP contribution >= 0.6 is 0 Å². The quantitative estimate of drug-likeness (QED) is 0.883. The molecule has 20 heavy (non-hydrogen) atoms. The molecule has 1 atom stereocenters. The van der Waals surface area contributed by atoms with Crippen molar-refractivity contribution in [1.82, 2.24) is 9.55 Å². The summed E-state index contributed by atoms with van der Waals surface area (Å²) in [6, 6.07) is 3.94. The van der Waals surface area contributed by atoms with Crippen molar-refractivity contribution in [2.75, 3.05) is 5.32 Å². The van der Waals surface area contributed by atoms with Gasteiger partial charge in [-0.05, 0) is 24.5 Å². The number of carbonyl (C=O) groups is 1. The van der Waals surface area contributed by atoms with Crippen LogP contribution in [0.2, 0.25) is 0 Å². The average molecular weight is 279 g/mol. The number of benzene rings is 1. The van der Waals surface area contributed by atoms with Gasteiger partial charge in [-0.15, -0.1) is 0 Å². The Kier molecular flexibility index (Phi) is 3.92. The standard InChI is InChI=1S/C14H18FN3O2/c1-8(2)7-10(13(19)20)16-14-17-12-9(15)5-4-6-11(12)18(14)3/h4-6,8,10H,7H2,1-3H3,(H,16,17)(H,19,20)/t10-/m1/s1. The predicted octanol–water partition coefficient (Wildman–Crippen LogP) is 2.62. The molecule has 0 saturated heterocycles. The molecule has 1 aromatic heterocycles. The third kappa shape index (κ3) is 2.74. The van der Waals surface area contributed by atoms with Crippen LogP contribution in [0.3, 0.4) is 0 Å². The van der Waals surface area contributed by atoms with Crippen molar-refractivity contribution in [2.24, 2.45) is 13.0 Å². The Morgan fingerprint density at radius 2 is 2.20 bits per heavy atom. The molecule has 2 aromatic rings. The monoisotopic (exact) mass is 279 g/mol. The smallest absolute Gasteiger partial charge is 0.326 e. The molecule has 5 nitrogen and oxygen atoms in total. The Morgan fingerprint density at radius 1 is 1.50 bits per heavy atom. The lowest BCUT2D eigenvalue weighted by Gasteiger charge is -2.16. The van der Waals surface area contributed by atoms with Crippen LogP contribution in [0.25, 0.3) is 11.0 Å². The maximum Gasteiger partial charge on any atom is 0.326 e. The summed E-state index contributed by atoms with van der Waals surface area (Å²) >= 11 is 0. The van der Waals surface area contributed by atoms with Gasteiger partial charge >= 0.3 is 5.97 Å². The van der Waals surface area contributed by atoms with Crippen molar-refractivity contribution in [1.29, 1.82) is 0 Å². The number of halogens is 1. The van der Waals surface area contributed by atoms with Crippen molar-refractivity contribution < 1.29 is 14.3 Å². The number of aromatic nitrogens is 2. The van der Waals surface area contributed by atoms with E-state index in [-0.39, 0.29) is 11.4 Å². The van der Waals surface area contributed by atoms with Crippen LogP contribution in [0, 0.1) is 11.7 Å². The summed E-state index contributed by atoms with van der Waals surface area (Å²) in [5.41, 5.74) is 0.868. The Labute approximate surface area is 116 Å². The number of aliphatic carboxylic acids is 1. The summed E-state index contributed by atoms with van der Waals surface area (Å²) in [5, 5.41) is 12.1. The summed E-state index contributed by atoms with van der Waals surface area (Å²) in [4.78, 5) is 15.4. The first-order valence-corrected chi connectivity index (χ1v) is 6.50. The van der Waals surface area contributed by atoms with Gasteiger partial charge in [0.2, 0.25) is 5.95 Å². The molecule has 6 heteroatoms. The highest BCUT2D eigenvalue weighted by Gasteiger charge is 2.21. The lowest BCUT2D eigenvalue weighted by molar-refractivity contribution is -0.138. The molecule has 0 aliphatic heterocycles. The molecule has 2 rings (SSSR count). The third-order valence-corrected chi connectivity index (χ3v) is 3.17. The second kappa shape index (κ2) is 5.48. The molecule has 2 N–H and O–H groups in total. The van der Waals surface area contributed by atoms with Crippen LogP contribution in [0.15, 0.2) is 18.2 Å². The van der Waals surface area contributed by atoms with Gasteiger partial charge in [0.1, 0.15) is 11.6 Å². The summed E-state index contributed by atoms with van der Waals surface area (Å²) in [6.45, 7) is 3.90. The number of nitrogens with one attached hydrogen (secondary N) is 1. The number of imidazole rings is 1. The number of aryl methyl sites for hydroxylation is 1. The maximum atomic E-state index is 13.7. The van der Waals surface area contributed by atoms with Crippen molar-refractivity contribution in [3.8, 4) is 0 Å². The van der Waals surface area contributed by atoms with E-state index in [4.69, 9.17) is 0 Å². The van der Waals surface area contributed by atoms with E-state index in [2.05, 4.69) is 10.3 Å². The highest BCUT2D eigenvalue weighted by Crippen LogP contribution is 2.22. The largest absolute Gasteiger partial charge is 0.480 e. The van der Waals surface area contributed by atoms with Gasteiger partial charge in [0, 0.05) is 7.05 Å². The van der Waals surface area contributed by atoms with Crippen LogP contribution in [-0.4, -0.2) is 26.7 Å². The van der Waals surface area contributed by atoms with Gasteiger partial charge in [0.25, 0.3) is 0 Å². The molecule has 0 bridgehead atoms. The second-order valence-electron chi connectivity index (χ2n) is 5.27. The number of hydrogen-bond donors (Lipinski definition) is 2. The number of para-hydroxylation sites is 1. The van der Waals surface area contributed by atoms with Crippen molar-refractivity contribution >= 4 is 23.0 Å². The number of nitrogens with zero attached hydrogens (tertiary/aromatic N) is 2. The first kappa shape index (κ1) is 14.3. The Balaban J connectivity index is 2.35. The van der Waals surface area contributed by atoms with E-state index in [0.717, 1.165) is 0 Å². The Bertz CT molecular complexity index is 637. The summed E-state index contributed by atoms with van der Waals surface area (Å²) in [7, 11) is 1.73. The van der Waals surface area contributed by atoms with Gasteiger partial charge in [-0.25, -0.2) is 14.2 Å². The SMILES string of the molecule is CC(C)C[C@@H](Nc1nc2c(F)cccc2n1C)C(=O)O. The molecular formula is C14H18FN3O2. The van der Waals surface area contributed by atoms with E-state index in [9.17, 15) is 14.3 Å². The molecule has 1 aromatic carbocycles. The highest BCUT2D eigenvalue weighted by atomic mass is 19.1. The molecule has 108 valence electrons. The zero-order chi connectivity index (χ0) is 14.9. The highest BCUT2D eigenvalue weighted by molar-refractivity contribution is 5.81. The predicted molar refractivity (Wildman–Crippen MR) is 75.2 cm³/mol. The first-order chi connectivity index (χ1) is 9.40. The van der Waals surface area contributed by atoms with Crippen molar-refractivity contribution in [3.63, 3.8) is 0 Å². The van der Waals surface area contributed by atoms with Crippen LogP contribution < -0.4 is 5.32 Å². The van der Waals surface area contributed by atoms with E-state index < -0.39 is 17.8 Å². The number of carboxylic acids is 1. The Morgan fingerprint density at radius 3 is 2.75 bits per heavy atom. The fourth-order valence-corrected chi connectivity index (χ4v) is 2.16. The van der Waals surface area contributed by atoms with Crippen molar-refractivity contribution in [2.45, 2.75) is 26.3 Å². The normalized spacial score (nSPS) is 12.8. The molecular weight excluding hydrogens is 261 g/mol. The minimum atomic E-state index is -0.939. The molecule has 0 amide bonds. The molecule has 0 aliphatic rings. The molecule has 0 spiro atoms. The maximum absolute atomic E-state index is 13.7. The van der Waals surface area contributed by atoms with Gasteiger partial charge in [0.15, 0.2) is 5.82 Å². The molecule has 0 radical (unpaired) electrons. The zero-order valence-corrected chi connectivity index (χ0v) is 11.7. The van der Waals surface area contributed by atoms with Crippen molar-refractivity contribution in [3.05, 3.63) is 24.0 Å². The fraction of sp³-hybridized carbons (Fsp3) is 0.429. The minimum absolute atomic E-state index is 0.232. The van der Waals surface area contributed by atoms with Crippen LogP contribution in [0.4, 0.5) is 10.3 Å². The van der Waals surface area contributed by atoms with E-state index in [1.54, 1.807) is 23.7 Å². The van der Waals surface area contributed by atoms with Crippen LogP contribution in [-0.2, 0) is 11.8 Å². The fourth-order valence-electron chi connectivity index (χ4n) is 2.16. The second-order valence-corrected chi connectivity index (χ2v) is 5.27. The van der Waals surface area contributed by atoms with E-state index in [1.807, 2.05) is 13.8 Å². The molecule has 0 unspecified atom stereocenters. The van der Waals surface area contributed by atoms with Gasteiger partial charge in [-0.3, -0.25) is 0 Å². The van der Waals surface area contributed by atoms with Gasteiger partial charge in [-0.1, -0.05) is 19.9 Å². The number of hydrogen-bond acceptors (Lipinski definition) is 3. The third-order valence-electron chi connectivity index (χ3n) is 3.17. The number of anilines is 1. The summed E-state index contributed by atoms with van der Waals surface area (Å²) in [6.07, 6.45) is 0.473. The van der Waals surface area contributed by atoms with Gasteiger partial charge in [0.05, 0.1) is 5.52 Å². The van der Waals surface area contributed by atoms with E-state index in [1.165, 1.54) is 6.07 Å². The zero-order valence-electron chi connectivity index (χ0n) is 11.7. The molecule has 0 fully saturated rings. The van der Waals surface area contributed by atoms with E-state index >= 15 is 0 Å². The average Bonchev–Trinajstić information content (AvgIpc) is 2.67. The van der Waals surface area contributed by atoms with Crippen LogP contribution in [0.1, 0.15) is 20.3 Å². The number of carboxylic acid groups (broad SMARTS) is 1. The summed E-state index contributed by atoms with van der Waals surface area (Å²) in [5.74, 6) is -0.763. The lowest BCUT2D eigenvalue weighted by Crippen LogP contribution is -2.31. The minimum Gasteiger partial charge on any atom is -0.480 e. The summed E-state index contributed by atoms with van der Waals surface area (Å²) < 4.78 is 15.3. The van der Waals surface area contributed by atoms with Crippen LogP contribution in [0.5, 0.6) is 0 Å². The lowest BCUT2D eigenvalue weighted by atomic mass is 10.0. The Hall–Kier alpha value is -2.11. The molecule has 1 heterocycles. The number of fused-ring (bicyclic) bond motifs is 1. The number of rotatable bonds is 5. The van der Waals surface area contributed by atoms with Gasteiger partial charge < -0.3 is 15.0 Å². The first-order valence-electron chi connectivity index (χ1n) is 6.50. The van der Waals surface area contributed by atoms with E-state index in [0.29, 0.717) is 17.9 Å². The molecule has 0 aliphatic carbocycles. The topological polar surface area (TPSA) is 67.2 Å². The van der Waals surface area contributed by atoms with Gasteiger partial charge in [-0.2, -0.15) is 0 Å². The molecule has 0 saturated carbocycles.